The molecular weight excluding hydrogens is 316 g/mol. The zero-order valence-electron chi connectivity index (χ0n) is 9.13. The lowest BCUT2D eigenvalue weighted by atomic mass is 10.3. The molecule has 0 radical (unpaired) electrons. The number of nitrogen functional groups attached to an aromatic ring is 1. The van der Waals surface area contributed by atoms with Gasteiger partial charge in [0.2, 0.25) is 0 Å². The Hall–Kier alpha value is -1.53. The van der Waals surface area contributed by atoms with Crippen molar-refractivity contribution in [1.82, 2.24) is 4.98 Å². The van der Waals surface area contributed by atoms with Crippen molar-refractivity contribution in [1.29, 1.82) is 0 Å². The second-order valence-corrected chi connectivity index (χ2v) is 5.46. The molecule has 2 aromatic rings. The molecule has 92 valence electrons. The van der Waals surface area contributed by atoms with Gasteiger partial charge in [0, 0.05) is 9.37 Å². The first-order valence-electron chi connectivity index (χ1n) is 4.98. The Kier molecular flexibility index (Phi) is 3.88. The van der Waals surface area contributed by atoms with E-state index in [1.165, 1.54) is 24.0 Å². The molecule has 0 spiro atoms. The van der Waals surface area contributed by atoms with Crippen LogP contribution >= 0.6 is 27.7 Å². The summed E-state index contributed by atoms with van der Waals surface area (Å²) in [6.45, 7) is 0. The van der Waals surface area contributed by atoms with Crippen LogP contribution in [0.4, 0.5) is 5.69 Å². The molecule has 0 fully saturated rings. The molecule has 0 saturated carbocycles. The Morgan fingerprint density at radius 2 is 2.00 bits per heavy atom. The van der Waals surface area contributed by atoms with Crippen LogP contribution in [0.5, 0.6) is 0 Å². The number of halogens is 1. The zero-order valence-corrected chi connectivity index (χ0v) is 11.5. The maximum absolute atomic E-state index is 11.1. The van der Waals surface area contributed by atoms with Crippen molar-refractivity contribution in [2.45, 2.75) is 9.92 Å². The third-order valence-corrected chi connectivity index (χ3v) is 3.69. The standard InChI is InChI=1S/C12H9BrN2O2S/c13-7-1-3-9(4-2-7)18-11-10(12(16)17)5-8(14)6-15-11/h1-6H,14H2,(H,16,17). The molecule has 2 rings (SSSR count). The van der Waals surface area contributed by atoms with E-state index < -0.39 is 5.97 Å². The summed E-state index contributed by atoms with van der Waals surface area (Å²) in [5, 5.41) is 9.53. The molecule has 4 nitrogen and oxygen atoms in total. The number of aromatic carboxylic acids is 1. The van der Waals surface area contributed by atoms with Gasteiger partial charge in [-0.3, -0.25) is 0 Å². The summed E-state index contributed by atoms with van der Waals surface area (Å²) < 4.78 is 0.968. The van der Waals surface area contributed by atoms with Gasteiger partial charge in [0.05, 0.1) is 17.4 Å². The molecule has 1 aromatic carbocycles. The van der Waals surface area contributed by atoms with Crippen molar-refractivity contribution in [3.8, 4) is 0 Å². The molecule has 0 amide bonds. The van der Waals surface area contributed by atoms with Crippen LogP contribution in [0.3, 0.4) is 0 Å². The minimum absolute atomic E-state index is 0.114. The highest BCUT2D eigenvalue weighted by atomic mass is 79.9. The number of pyridine rings is 1. The van der Waals surface area contributed by atoms with Crippen LogP contribution in [0.15, 0.2) is 50.9 Å². The van der Waals surface area contributed by atoms with Gasteiger partial charge >= 0.3 is 5.97 Å². The number of carboxylic acids is 1. The van der Waals surface area contributed by atoms with Crippen molar-refractivity contribution in [3.63, 3.8) is 0 Å². The van der Waals surface area contributed by atoms with Crippen LogP contribution in [0.25, 0.3) is 0 Å². The molecule has 0 saturated heterocycles. The largest absolute Gasteiger partial charge is 0.478 e. The highest BCUT2D eigenvalue weighted by Gasteiger charge is 2.13. The Bertz CT molecular complexity index is 587. The van der Waals surface area contributed by atoms with Crippen molar-refractivity contribution in [2.24, 2.45) is 0 Å². The number of rotatable bonds is 3. The summed E-state index contributed by atoms with van der Waals surface area (Å²) in [6, 6.07) is 8.97. The molecule has 3 N–H and O–H groups in total. The molecule has 18 heavy (non-hydrogen) atoms. The van der Waals surface area contributed by atoms with Gasteiger partial charge in [-0.1, -0.05) is 27.7 Å². The average Bonchev–Trinajstić information content (AvgIpc) is 2.34. The molecule has 0 bridgehead atoms. The van der Waals surface area contributed by atoms with E-state index >= 15 is 0 Å². The number of hydrogen-bond acceptors (Lipinski definition) is 4. The molecule has 6 heteroatoms. The monoisotopic (exact) mass is 324 g/mol. The Morgan fingerprint density at radius 1 is 1.33 bits per heavy atom. The summed E-state index contributed by atoms with van der Waals surface area (Å²) in [6.07, 6.45) is 1.45. The molecule has 0 atom stereocenters. The van der Waals surface area contributed by atoms with E-state index in [0.717, 1.165) is 9.37 Å². The van der Waals surface area contributed by atoms with E-state index in [9.17, 15) is 4.79 Å². The van der Waals surface area contributed by atoms with Gasteiger partial charge in [0.1, 0.15) is 5.03 Å². The third-order valence-electron chi connectivity index (χ3n) is 2.13. The number of nitrogens with two attached hydrogens (primary N) is 1. The van der Waals surface area contributed by atoms with Gasteiger partial charge in [0.15, 0.2) is 0 Å². The van der Waals surface area contributed by atoms with Gasteiger partial charge in [-0.2, -0.15) is 0 Å². The maximum Gasteiger partial charge on any atom is 0.338 e. The van der Waals surface area contributed by atoms with E-state index in [2.05, 4.69) is 20.9 Å². The van der Waals surface area contributed by atoms with E-state index in [4.69, 9.17) is 10.8 Å². The smallest absolute Gasteiger partial charge is 0.338 e. The van der Waals surface area contributed by atoms with Crippen molar-refractivity contribution in [2.75, 3.05) is 5.73 Å². The number of benzene rings is 1. The zero-order chi connectivity index (χ0) is 13.1. The lowest BCUT2D eigenvalue weighted by molar-refractivity contribution is 0.0692. The average molecular weight is 325 g/mol. The maximum atomic E-state index is 11.1. The predicted molar refractivity (Wildman–Crippen MR) is 73.9 cm³/mol. The van der Waals surface area contributed by atoms with Crippen LogP contribution in [0, 0.1) is 0 Å². The molecule has 0 unspecified atom stereocenters. The van der Waals surface area contributed by atoms with Gasteiger partial charge in [-0.05, 0) is 30.3 Å². The SMILES string of the molecule is Nc1cnc(Sc2ccc(Br)cc2)c(C(=O)O)c1. The van der Waals surface area contributed by atoms with Crippen LogP contribution in [0.1, 0.15) is 10.4 Å². The number of carbonyl (C=O) groups is 1. The second kappa shape index (κ2) is 5.41. The second-order valence-electron chi connectivity index (χ2n) is 3.48. The van der Waals surface area contributed by atoms with Gasteiger partial charge in [-0.25, -0.2) is 9.78 Å². The minimum atomic E-state index is -1.03. The fourth-order valence-corrected chi connectivity index (χ4v) is 2.44. The summed E-state index contributed by atoms with van der Waals surface area (Å²) in [4.78, 5) is 16.1. The number of anilines is 1. The number of carboxylic acid groups (broad SMARTS) is 1. The Morgan fingerprint density at radius 3 is 2.61 bits per heavy atom. The lowest BCUT2D eigenvalue weighted by Gasteiger charge is -2.05. The number of aromatic nitrogens is 1. The molecule has 0 aliphatic carbocycles. The summed E-state index contributed by atoms with van der Waals surface area (Å²) in [5.41, 5.74) is 5.99. The quantitative estimate of drug-likeness (QED) is 0.906. The predicted octanol–water partition coefficient (Wildman–Crippen LogP) is 3.28. The molecule has 1 heterocycles. The van der Waals surface area contributed by atoms with E-state index in [1.807, 2.05) is 24.3 Å². The fourth-order valence-electron chi connectivity index (χ4n) is 1.32. The lowest BCUT2D eigenvalue weighted by Crippen LogP contribution is -2.02. The summed E-state index contributed by atoms with van der Waals surface area (Å²) in [7, 11) is 0. The van der Waals surface area contributed by atoms with Crippen LogP contribution in [-0.2, 0) is 0 Å². The first-order valence-corrected chi connectivity index (χ1v) is 6.59. The van der Waals surface area contributed by atoms with Crippen LogP contribution in [-0.4, -0.2) is 16.1 Å². The number of hydrogen-bond donors (Lipinski definition) is 2. The van der Waals surface area contributed by atoms with E-state index in [1.54, 1.807) is 0 Å². The first-order chi connectivity index (χ1) is 8.56. The Balaban J connectivity index is 2.34. The molecule has 1 aromatic heterocycles. The van der Waals surface area contributed by atoms with Gasteiger partial charge in [-0.15, -0.1) is 0 Å². The van der Waals surface area contributed by atoms with Gasteiger partial charge < -0.3 is 10.8 Å². The van der Waals surface area contributed by atoms with Gasteiger partial charge in [0.25, 0.3) is 0 Å². The van der Waals surface area contributed by atoms with Crippen molar-refractivity contribution >= 4 is 39.3 Å². The number of nitrogens with zero attached hydrogens (tertiary/aromatic N) is 1. The molecular formula is C12H9BrN2O2S. The normalized spacial score (nSPS) is 10.3. The van der Waals surface area contributed by atoms with Crippen molar-refractivity contribution < 1.29 is 9.90 Å². The minimum Gasteiger partial charge on any atom is -0.478 e. The highest BCUT2D eigenvalue weighted by Crippen LogP contribution is 2.30. The Labute approximate surface area is 116 Å². The highest BCUT2D eigenvalue weighted by molar-refractivity contribution is 9.10. The van der Waals surface area contributed by atoms with Crippen LogP contribution < -0.4 is 5.73 Å². The van der Waals surface area contributed by atoms with E-state index in [-0.39, 0.29) is 5.56 Å². The van der Waals surface area contributed by atoms with E-state index in [0.29, 0.717) is 10.7 Å². The molecule has 0 aliphatic heterocycles. The van der Waals surface area contributed by atoms with Crippen molar-refractivity contribution in [3.05, 3.63) is 46.6 Å². The molecule has 0 aliphatic rings. The summed E-state index contributed by atoms with van der Waals surface area (Å²) in [5.74, 6) is -1.03. The third kappa shape index (κ3) is 3.02. The van der Waals surface area contributed by atoms with Crippen LogP contribution in [0.2, 0.25) is 0 Å². The summed E-state index contributed by atoms with van der Waals surface area (Å²) >= 11 is 4.63. The first kappa shape index (κ1) is 12.9. The topological polar surface area (TPSA) is 76.2 Å². The fraction of sp³-hybridized carbons (Fsp3) is 0.